The van der Waals surface area contributed by atoms with E-state index >= 15 is 0 Å². The van der Waals surface area contributed by atoms with Crippen molar-refractivity contribution in [2.45, 2.75) is 25.5 Å². The minimum Gasteiger partial charge on any atom is -0.375 e. The summed E-state index contributed by atoms with van der Waals surface area (Å²) in [7, 11) is 1.96. The zero-order valence-electron chi connectivity index (χ0n) is 10.9. The van der Waals surface area contributed by atoms with Crippen molar-refractivity contribution in [3.05, 3.63) is 35.1 Å². The fourth-order valence-corrected chi connectivity index (χ4v) is 3.22. The number of thioether (sulfide) groups is 1. The van der Waals surface area contributed by atoms with Crippen molar-refractivity contribution >= 4 is 11.8 Å². The van der Waals surface area contributed by atoms with E-state index in [-0.39, 0.29) is 11.9 Å². The fourth-order valence-electron chi connectivity index (χ4n) is 2.28. The molecule has 2 nitrogen and oxygen atoms in total. The first-order valence-electron chi connectivity index (χ1n) is 6.32. The van der Waals surface area contributed by atoms with Crippen LogP contribution in [0.15, 0.2) is 18.2 Å². The maximum atomic E-state index is 13.1. The van der Waals surface area contributed by atoms with E-state index in [1.165, 1.54) is 11.6 Å². The van der Waals surface area contributed by atoms with Gasteiger partial charge in [0, 0.05) is 17.5 Å². The van der Waals surface area contributed by atoms with E-state index in [9.17, 15) is 4.39 Å². The molecule has 1 saturated heterocycles. The summed E-state index contributed by atoms with van der Waals surface area (Å²) in [5.74, 6) is 1.95. The highest BCUT2D eigenvalue weighted by Gasteiger charge is 2.24. The average molecular weight is 269 g/mol. The Balaban J connectivity index is 2.04. The maximum Gasteiger partial charge on any atom is 0.123 e. The highest BCUT2D eigenvalue weighted by molar-refractivity contribution is 7.99. The van der Waals surface area contributed by atoms with Crippen LogP contribution in [0.25, 0.3) is 0 Å². The predicted octanol–water partition coefficient (Wildman–Crippen LogP) is 2.40. The average Bonchev–Trinajstić information content (AvgIpc) is 2.39. The van der Waals surface area contributed by atoms with Gasteiger partial charge in [0.05, 0.1) is 12.7 Å². The highest BCUT2D eigenvalue weighted by atomic mass is 32.2. The first-order chi connectivity index (χ1) is 8.70. The van der Waals surface area contributed by atoms with E-state index in [1.54, 1.807) is 6.07 Å². The summed E-state index contributed by atoms with van der Waals surface area (Å²) in [6.07, 6.45) is 1.13. The number of ether oxygens (including phenoxy) is 1. The van der Waals surface area contributed by atoms with Gasteiger partial charge in [-0.1, -0.05) is 6.07 Å². The van der Waals surface area contributed by atoms with E-state index in [0.717, 1.165) is 30.1 Å². The van der Waals surface area contributed by atoms with E-state index in [2.05, 4.69) is 5.32 Å². The summed E-state index contributed by atoms with van der Waals surface area (Å²) in [4.78, 5) is 0. The van der Waals surface area contributed by atoms with E-state index in [4.69, 9.17) is 4.74 Å². The molecule has 0 radical (unpaired) electrons. The first kappa shape index (κ1) is 13.8. The second-order valence-corrected chi connectivity index (χ2v) is 5.80. The normalized spacial score (nSPS) is 21.8. The SMILES string of the molecule is CNC(Cc1ccc(F)cc1C)C1CSCCO1. The predicted molar refractivity (Wildman–Crippen MR) is 74.8 cm³/mol. The lowest BCUT2D eigenvalue weighted by atomic mass is 9.98. The van der Waals surface area contributed by atoms with Crippen LogP contribution in [0.4, 0.5) is 4.39 Å². The molecule has 1 aromatic carbocycles. The van der Waals surface area contributed by atoms with Gasteiger partial charge in [0.25, 0.3) is 0 Å². The molecule has 0 spiro atoms. The molecular weight excluding hydrogens is 249 g/mol. The first-order valence-corrected chi connectivity index (χ1v) is 7.48. The van der Waals surface area contributed by atoms with Crippen LogP contribution in [0.3, 0.4) is 0 Å². The number of nitrogens with one attached hydrogen (secondary N) is 1. The highest BCUT2D eigenvalue weighted by Crippen LogP contribution is 2.19. The van der Waals surface area contributed by atoms with E-state index in [1.807, 2.05) is 31.8 Å². The Morgan fingerprint density at radius 1 is 1.56 bits per heavy atom. The van der Waals surface area contributed by atoms with Crippen LogP contribution in [0.1, 0.15) is 11.1 Å². The molecule has 1 aliphatic heterocycles. The Labute approximate surface area is 112 Å². The summed E-state index contributed by atoms with van der Waals surface area (Å²) in [5, 5.41) is 3.33. The molecule has 2 unspecified atom stereocenters. The van der Waals surface area contributed by atoms with Gasteiger partial charge in [0.1, 0.15) is 5.82 Å². The third-order valence-electron chi connectivity index (χ3n) is 3.41. The molecule has 1 heterocycles. The van der Waals surface area contributed by atoms with Crippen molar-refractivity contribution in [3.8, 4) is 0 Å². The van der Waals surface area contributed by atoms with Crippen molar-refractivity contribution in [1.82, 2.24) is 5.32 Å². The Bertz CT molecular complexity index is 393. The second-order valence-electron chi connectivity index (χ2n) is 4.65. The number of aryl methyl sites for hydroxylation is 1. The van der Waals surface area contributed by atoms with Crippen LogP contribution in [-0.4, -0.2) is 37.3 Å². The topological polar surface area (TPSA) is 21.3 Å². The molecule has 18 heavy (non-hydrogen) atoms. The zero-order valence-corrected chi connectivity index (χ0v) is 11.7. The molecule has 2 rings (SSSR count). The van der Waals surface area contributed by atoms with Gasteiger partial charge >= 0.3 is 0 Å². The van der Waals surface area contributed by atoms with Crippen LogP contribution in [0.5, 0.6) is 0 Å². The Kier molecular flexibility index (Phi) is 5.03. The van der Waals surface area contributed by atoms with Crippen molar-refractivity contribution in [2.24, 2.45) is 0 Å². The summed E-state index contributed by atoms with van der Waals surface area (Å²) in [5.41, 5.74) is 2.20. The molecule has 0 aromatic heterocycles. The Morgan fingerprint density at radius 3 is 3.00 bits per heavy atom. The van der Waals surface area contributed by atoms with Crippen LogP contribution in [0, 0.1) is 12.7 Å². The lowest BCUT2D eigenvalue weighted by Gasteiger charge is -2.30. The minimum absolute atomic E-state index is 0.165. The largest absolute Gasteiger partial charge is 0.375 e. The van der Waals surface area contributed by atoms with Gasteiger partial charge in [-0.2, -0.15) is 11.8 Å². The molecule has 100 valence electrons. The quantitative estimate of drug-likeness (QED) is 0.907. The standard InChI is InChI=1S/C14H20FNOS/c1-10-7-12(15)4-3-11(10)8-13(16-2)14-9-18-6-5-17-14/h3-4,7,13-14,16H,5-6,8-9H2,1-2H3. The van der Waals surface area contributed by atoms with Gasteiger partial charge in [-0.15, -0.1) is 0 Å². The van der Waals surface area contributed by atoms with Crippen LogP contribution in [-0.2, 0) is 11.2 Å². The summed E-state index contributed by atoms with van der Waals surface area (Å²) in [6.45, 7) is 2.79. The summed E-state index contributed by atoms with van der Waals surface area (Å²) < 4.78 is 18.9. The lowest BCUT2D eigenvalue weighted by Crippen LogP contribution is -2.44. The number of hydrogen-bond donors (Lipinski definition) is 1. The molecule has 1 aromatic rings. The molecule has 1 fully saturated rings. The molecule has 4 heteroatoms. The van der Waals surface area contributed by atoms with Gasteiger partial charge in [-0.25, -0.2) is 4.39 Å². The number of likely N-dealkylation sites (N-methyl/N-ethyl adjacent to an activating group) is 1. The van der Waals surface area contributed by atoms with Gasteiger partial charge in [0.2, 0.25) is 0 Å². The number of benzene rings is 1. The molecular formula is C14H20FNOS. The van der Waals surface area contributed by atoms with Gasteiger partial charge in [0.15, 0.2) is 0 Å². The Morgan fingerprint density at radius 2 is 2.39 bits per heavy atom. The molecule has 0 bridgehead atoms. The van der Waals surface area contributed by atoms with Crippen LogP contribution < -0.4 is 5.32 Å². The third kappa shape index (κ3) is 3.46. The van der Waals surface area contributed by atoms with Crippen molar-refractivity contribution in [2.75, 3.05) is 25.2 Å². The monoisotopic (exact) mass is 269 g/mol. The fraction of sp³-hybridized carbons (Fsp3) is 0.571. The molecule has 1 aliphatic rings. The van der Waals surface area contributed by atoms with Crippen LogP contribution in [0.2, 0.25) is 0 Å². The van der Waals surface area contributed by atoms with Crippen molar-refractivity contribution in [1.29, 1.82) is 0 Å². The van der Waals surface area contributed by atoms with Gasteiger partial charge < -0.3 is 10.1 Å². The zero-order chi connectivity index (χ0) is 13.0. The lowest BCUT2D eigenvalue weighted by molar-refractivity contribution is 0.0492. The molecule has 2 atom stereocenters. The summed E-state index contributed by atoms with van der Waals surface area (Å²) in [6, 6.07) is 5.30. The van der Waals surface area contributed by atoms with Crippen molar-refractivity contribution in [3.63, 3.8) is 0 Å². The number of halogens is 1. The van der Waals surface area contributed by atoms with Crippen molar-refractivity contribution < 1.29 is 9.13 Å². The second kappa shape index (κ2) is 6.55. The molecule has 1 N–H and O–H groups in total. The number of hydrogen-bond acceptors (Lipinski definition) is 3. The van der Waals surface area contributed by atoms with Gasteiger partial charge in [-0.3, -0.25) is 0 Å². The summed E-state index contributed by atoms with van der Waals surface area (Å²) >= 11 is 1.94. The van der Waals surface area contributed by atoms with E-state index < -0.39 is 0 Å². The Hall–Kier alpha value is -0.580. The van der Waals surface area contributed by atoms with Gasteiger partial charge in [-0.05, 0) is 43.7 Å². The maximum absolute atomic E-state index is 13.1. The smallest absolute Gasteiger partial charge is 0.123 e. The van der Waals surface area contributed by atoms with Crippen LogP contribution >= 0.6 is 11.8 Å². The molecule has 0 amide bonds. The minimum atomic E-state index is -0.165. The molecule has 0 saturated carbocycles. The third-order valence-corrected chi connectivity index (χ3v) is 4.43. The molecule has 0 aliphatic carbocycles. The van der Waals surface area contributed by atoms with E-state index in [0.29, 0.717) is 6.04 Å². The number of rotatable bonds is 4.